The summed E-state index contributed by atoms with van der Waals surface area (Å²) in [5, 5.41) is 18.6. The number of carbonyl (C=O) groups is 2. The van der Waals surface area contributed by atoms with Gasteiger partial charge in [-0.25, -0.2) is 0 Å². The first kappa shape index (κ1) is 43.9. The van der Waals surface area contributed by atoms with Gasteiger partial charge in [0.1, 0.15) is 0 Å². The third-order valence-electron chi connectivity index (χ3n) is 4.95. The third-order valence-corrected chi connectivity index (χ3v) is 4.95. The van der Waals surface area contributed by atoms with Crippen LogP contribution in [-0.4, -0.2) is 11.9 Å². The molecule has 31 heavy (non-hydrogen) atoms. The van der Waals surface area contributed by atoms with Crippen LogP contribution in [-0.2, 0) is 9.59 Å². The molecule has 0 rings (SSSR count). The summed E-state index contributed by atoms with van der Waals surface area (Å²) >= 11 is 0. The molecule has 0 aromatic heterocycles. The van der Waals surface area contributed by atoms with Gasteiger partial charge in [0.05, 0.1) is 0 Å². The minimum atomic E-state index is -1.63. The van der Waals surface area contributed by atoms with Crippen molar-refractivity contribution in [2.24, 2.45) is 0 Å². The van der Waals surface area contributed by atoms with Crippen molar-refractivity contribution in [3.05, 3.63) is 5.92 Å². The smallest absolute Gasteiger partial charge is 0.550 e. The van der Waals surface area contributed by atoms with Crippen LogP contribution in [0.1, 0.15) is 136 Å². The number of carbonyl (C=O) groups excluding carboxylic acids is 2. The molecule has 4 nitrogen and oxygen atoms in total. The predicted molar refractivity (Wildman–Crippen MR) is 113 cm³/mol. The van der Waals surface area contributed by atoms with Gasteiger partial charge in [0.15, 0.2) is 0 Å². The average molecular weight is 483 g/mol. The zero-order valence-corrected chi connectivity index (χ0v) is 28.1. The van der Waals surface area contributed by atoms with Gasteiger partial charge in [-0.3, -0.25) is 0 Å². The molecule has 0 radical (unpaired) electrons. The number of rotatable bonds is 19. The Morgan fingerprint density at radius 1 is 0.581 bits per heavy atom. The summed E-state index contributed by atoms with van der Waals surface area (Å²) < 4.78 is 0. The summed E-state index contributed by atoms with van der Waals surface area (Å²) in [5.74, 6) is -1.49. The molecule has 0 aliphatic carbocycles. The maximum atomic E-state index is 9.28. The van der Waals surface area contributed by atoms with Gasteiger partial charge in [0.25, 0.3) is 0 Å². The second-order valence-electron chi connectivity index (χ2n) is 7.97. The first-order valence-corrected chi connectivity index (χ1v) is 11.6. The molecule has 0 unspecified atom stereocenters. The molecular formula is C24H45K2LiO4. The normalized spacial score (nSPS) is 9.55. The molecule has 7 heteroatoms. The van der Waals surface area contributed by atoms with Gasteiger partial charge in [0, 0.05) is 18.4 Å². The van der Waals surface area contributed by atoms with Crippen LogP contribution in [0.4, 0.5) is 0 Å². The van der Waals surface area contributed by atoms with E-state index >= 15 is 0 Å². The summed E-state index contributed by atoms with van der Waals surface area (Å²) in [6, 6.07) is 0. The van der Waals surface area contributed by atoms with E-state index in [4.69, 9.17) is 0 Å². The molecule has 0 N–H and O–H groups in total. The summed E-state index contributed by atoms with van der Waals surface area (Å²) in [7, 11) is 0. The molecule has 0 amide bonds. The van der Waals surface area contributed by atoms with E-state index < -0.39 is 18.4 Å². The predicted octanol–water partition coefficient (Wildman–Crippen LogP) is -3.86. The Bertz CT molecular complexity index is 346. The zero-order chi connectivity index (χ0) is 21.5. The first-order valence-electron chi connectivity index (χ1n) is 11.6. The molecule has 0 aromatic rings. The first-order chi connectivity index (χ1) is 13.4. The second kappa shape index (κ2) is 37.4. The van der Waals surface area contributed by atoms with Crippen LogP contribution in [0.15, 0.2) is 0 Å². The Morgan fingerprint density at radius 3 is 1.06 bits per heavy atom. The minimum Gasteiger partial charge on any atom is -0.550 e. The van der Waals surface area contributed by atoms with Crippen LogP contribution >= 0.6 is 0 Å². The van der Waals surface area contributed by atoms with Crippen molar-refractivity contribution < 1.29 is 141 Å². The van der Waals surface area contributed by atoms with Gasteiger partial charge >= 0.3 is 122 Å². The van der Waals surface area contributed by atoms with E-state index in [0.717, 1.165) is 0 Å². The molecule has 0 heterocycles. The van der Waals surface area contributed by atoms with Crippen molar-refractivity contribution in [1.29, 1.82) is 0 Å². The van der Waals surface area contributed by atoms with Crippen molar-refractivity contribution >= 4 is 11.9 Å². The van der Waals surface area contributed by atoms with E-state index in [1.54, 1.807) is 5.92 Å². The van der Waals surface area contributed by atoms with Gasteiger partial charge in [-0.15, -0.1) is 0 Å². The van der Waals surface area contributed by atoms with Gasteiger partial charge in [0.2, 0.25) is 0 Å². The molecule has 0 fully saturated rings. The summed E-state index contributed by atoms with van der Waals surface area (Å²) in [5.41, 5.74) is 0. The van der Waals surface area contributed by atoms with Crippen LogP contribution in [0.3, 0.4) is 0 Å². The summed E-state index contributed by atoms with van der Waals surface area (Å²) in [6.07, 6.45) is 23.4. The van der Waals surface area contributed by atoms with E-state index in [2.05, 4.69) is 20.8 Å². The molecular weight excluding hydrogens is 437 g/mol. The maximum absolute atomic E-state index is 9.28. The molecule has 0 aliphatic heterocycles. The van der Waals surface area contributed by atoms with Crippen molar-refractivity contribution in [3.8, 4) is 0 Å². The number of unbranched alkanes of at least 4 members (excludes halogenated alkanes) is 13. The minimum absolute atomic E-state index is 0. The fourth-order valence-electron chi connectivity index (χ4n) is 3.19. The average Bonchev–Trinajstić information content (AvgIpc) is 2.62. The topological polar surface area (TPSA) is 80.3 Å². The summed E-state index contributed by atoms with van der Waals surface area (Å²) in [4.78, 5) is 18.6. The molecule has 0 saturated heterocycles. The van der Waals surface area contributed by atoms with E-state index in [1.807, 2.05) is 0 Å². The Morgan fingerprint density at radius 2 is 0.839 bits per heavy atom. The van der Waals surface area contributed by atoms with Crippen LogP contribution in [0.25, 0.3) is 0 Å². The van der Waals surface area contributed by atoms with Crippen LogP contribution in [0.2, 0.25) is 0 Å². The van der Waals surface area contributed by atoms with Gasteiger partial charge < -0.3 is 25.7 Å². The number of aliphatic carboxylic acids is 2. The number of carboxylic acids is 2. The molecule has 0 bridgehead atoms. The van der Waals surface area contributed by atoms with Gasteiger partial charge in [-0.05, 0) is 0 Å². The largest absolute Gasteiger partial charge is 1.00 e. The standard InChI is InChI=1S/C21H43.C3H4O4.2K.Li/c1-4-6-8-10-11-12-13-14-16-18-20-21(3)19-17-15-9-7-5-2;4-2(5)1-3(6)7;;;/h4-20H2,1-3H3;1H2,(H,4,5)(H,6,7);;;/q-1;;3*+1/p-2. The molecule has 0 aromatic carbocycles. The van der Waals surface area contributed by atoms with Crippen molar-refractivity contribution in [2.75, 3.05) is 0 Å². The van der Waals surface area contributed by atoms with Gasteiger partial charge in [-0.1, -0.05) is 110 Å². The Labute approximate surface area is 290 Å². The van der Waals surface area contributed by atoms with E-state index in [-0.39, 0.29) is 122 Å². The van der Waals surface area contributed by atoms with E-state index in [0.29, 0.717) is 0 Å². The van der Waals surface area contributed by atoms with Gasteiger partial charge in [-0.2, -0.15) is 19.8 Å². The molecule has 0 aliphatic rings. The number of hydrogen-bond acceptors (Lipinski definition) is 4. The molecule has 168 valence electrons. The number of carboxylic acid groups (broad SMARTS) is 2. The second-order valence-corrected chi connectivity index (χ2v) is 7.97. The fraction of sp³-hybridized carbons (Fsp3) is 0.875. The molecule has 0 saturated carbocycles. The number of hydrogen-bond donors (Lipinski definition) is 0. The quantitative estimate of drug-likeness (QED) is 0.0817. The Hall–Kier alpha value is 2.81. The SMILES string of the molecule is CCCCCCCCCCCC[C-](C)CCCCCCC.O=C([O-])CC(=O)[O-].[K+].[K+].[Li+]. The zero-order valence-electron chi connectivity index (χ0n) is 21.9. The summed E-state index contributed by atoms with van der Waals surface area (Å²) in [6.45, 7) is 6.97. The monoisotopic (exact) mass is 482 g/mol. The third kappa shape index (κ3) is 46.8. The van der Waals surface area contributed by atoms with Crippen molar-refractivity contribution in [2.45, 2.75) is 136 Å². The maximum Gasteiger partial charge on any atom is 1.00 e. The van der Waals surface area contributed by atoms with Crippen molar-refractivity contribution in [1.82, 2.24) is 0 Å². The fourth-order valence-corrected chi connectivity index (χ4v) is 3.19. The van der Waals surface area contributed by atoms with Crippen LogP contribution < -0.4 is 132 Å². The van der Waals surface area contributed by atoms with E-state index in [9.17, 15) is 19.8 Å². The molecule has 0 atom stereocenters. The van der Waals surface area contributed by atoms with E-state index in [1.165, 1.54) is 109 Å². The Balaban J connectivity index is -0.000000195. The van der Waals surface area contributed by atoms with Crippen molar-refractivity contribution in [3.63, 3.8) is 0 Å². The molecule has 0 spiro atoms. The van der Waals surface area contributed by atoms with Crippen LogP contribution in [0.5, 0.6) is 0 Å². The van der Waals surface area contributed by atoms with Crippen LogP contribution in [0, 0.1) is 5.92 Å². The Kier molecular flexibility index (Phi) is 52.8.